The van der Waals surface area contributed by atoms with Gasteiger partial charge in [-0.05, 0) is 49.9 Å². The second-order valence-electron chi connectivity index (χ2n) is 5.67. The number of ether oxygens (including phenoxy) is 2. The van der Waals surface area contributed by atoms with E-state index >= 15 is 0 Å². The maximum atomic E-state index is 13.6. The highest BCUT2D eigenvalue weighted by atomic mass is 19.2. The zero-order valence-corrected chi connectivity index (χ0v) is 14.1. The maximum Gasteiger partial charge on any atom is 0.203 e. The first-order valence-electron chi connectivity index (χ1n) is 7.77. The van der Waals surface area contributed by atoms with Crippen LogP contribution in [0.3, 0.4) is 0 Å². The summed E-state index contributed by atoms with van der Waals surface area (Å²) in [7, 11) is 0. The first-order chi connectivity index (χ1) is 12.2. The van der Waals surface area contributed by atoms with Gasteiger partial charge in [-0.3, -0.25) is 0 Å². The van der Waals surface area contributed by atoms with Gasteiger partial charge in [0, 0.05) is 0 Å². The summed E-state index contributed by atoms with van der Waals surface area (Å²) in [6.45, 7) is 2.70. The molecule has 0 aliphatic rings. The Bertz CT molecular complexity index is 740. The molecular weight excluding hydrogens is 362 g/mol. The normalized spacial score (nSPS) is 10.9. The maximum absolute atomic E-state index is 13.6. The summed E-state index contributed by atoms with van der Waals surface area (Å²) in [6, 6.07) is 1.65. The van der Waals surface area contributed by atoms with Crippen molar-refractivity contribution < 1.29 is 35.8 Å². The molecule has 26 heavy (non-hydrogen) atoms. The van der Waals surface area contributed by atoms with Crippen molar-refractivity contribution in [3.63, 3.8) is 0 Å². The van der Waals surface area contributed by atoms with Crippen LogP contribution in [0, 0.1) is 48.8 Å². The van der Waals surface area contributed by atoms with Crippen LogP contribution < -0.4 is 9.47 Å². The van der Waals surface area contributed by atoms with Gasteiger partial charge in [0.1, 0.15) is 0 Å². The molecule has 0 unspecified atom stereocenters. The number of aryl methyl sites for hydroxylation is 2. The van der Waals surface area contributed by atoms with Crippen molar-refractivity contribution in [2.75, 3.05) is 13.2 Å². The van der Waals surface area contributed by atoms with Crippen LogP contribution in [0.4, 0.5) is 26.3 Å². The number of hydrogen-bond acceptors (Lipinski definition) is 2. The average molecular weight is 378 g/mol. The van der Waals surface area contributed by atoms with Crippen molar-refractivity contribution in [3.05, 3.63) is 58.2 Å². The van der Waals surface area contributed by atoms with Crippen LogP contribution >= 0.6 is 0 Å². The monoisotopic (exact) mass is 378 g/mol. The predicted molar refractivity (Wildman–Crippen MR) is 82.3 cm³/mol. The van der Waals surface area contributed by atoms with Crippen LogP contribution in [-0.2, 0) is 0 Å². The van der Waals surface area contributed by atoms with Gasteiger partial charge in [0.05, 0.1) is 13.2 Å². The lowest BCUT2D eigenvalue weighted by atomic mass is 10.2. The number of halogens is 6. The van der Waals surface area contributed by atoms with E-state index in [1.165, 1.54) is 13.8 Å². The van der Waals surface area contributed by atoms with Crippen LogP contribution in [0.15, 0.2) is 12.1 Å². The Labute approximate surface area is 146 Å². The zero-order chi connectivity index (χ0) is 19.4. The highest BCUT2D eigenvalue weighted by molar-refractivity contribution is 5.36. The van der Waals surface area contributed by atoms with E-state index in [1.807, 2.05) is 0 Å². The minimum absolute atomic E-state index is 0.0224. The second kappa shape index (κ2) is 8.33. The summed E-state index contributed by atoms with van der Waals surface area (Å²) in [4.78, 5) is 0. The highest BCUT2D eigenvalue weighted by Crippen LogP contribution is 2.28. The van der Waals surface area contributed by atoms with Crippen molar-refractivity contribution in [2.45, 2.75) is 26.7 Å². The Kier molecular flexibility index (Phi) is 6.39. The third-order valence-electron chi connectivity index (χ3n) is 3.64. The lowest BCUT2D eigenvalue weighted by Gasteiger charge is -2.12. The molecule has 0 heterocycles. The first-order valence-corrected chi connectivity index (χ1v) is 7.77. The number of unbranched alkanes of at least 4 members (excludes halogenated alkanes) is 1. The van der Waals surface area contributed by atoms with Crippen molar-refractivity contribution in [1.82, 2.24) is 0 Å². The summed E-state index contributed by atoms with van der Waals surface area (Å²) in [6.07, 6.45) is 0.643. The Hall–Kier alpha value is -2.38. The topological polar surface area (TPSA) is 18.5 Å². The van der Waals surface area contributed by atoms with Crippen molar-refractivity contribution in [3.8, 4) is 11.5 Å². The summed E-state index contributed by atoms with van der Waals surface area (Å²) >= 11 is 0. The summed E-state index contributed by atoms with van der Waals surface area (Å²) < 4.78 is 89.9. The van der Waals surface area contributed by atoms with Crippen LogP contribution in [0.25, 0.3) is 0 Å². The van der Waals surface area contributed by atoms with E-state index in [0.717, 1.165) is 12.1 Å². The molecule has 2 nitrogen and oxygen atoms in total. The molecule has 0 fully saturated rings. The fourth-order valence-electron chi connectivity index (χ4n) is 2.30. The number of benzene rings is 2. The number of hydrogen-bond donors (Lipinski definition) is 0. The molecule has 0 atom stereocenters. The molecule has 0 aliphatic heterocycles. The molecule has 0 N–H and O–H groups in total. The Balaban J connectivity index is 1.84. The molecule has 0 saturated carbocycles. The van der Waals surface area contributed by atoms with Crippen LogP contribution in [-0.4, -0.2) is 13.2 Å². The molecular formula is C18H16F6O2. The van der Waals surface area contributed by atoms with Crippen molar-refractivity contribution in [1.29, 1.82) is 0 Å². The molecule has 0 saturated heterocycles. The van der Waals surface area contributed by atoms with Crippen LogP contribution in [0.5, 0.6) is 11.5 Å². The van der Waals surface area contributed by atoms with Crippen LogP contribution in [0.1, 0.15) is 24.0 Å². The van der Waals surface area contributed by atoms with E-state index in [2.05, 4.69) is 0 Å². The van der Waals surface area contributed by atoms with Crippen LogP contribution in [0.2, 0.25) is 0 Å². The van der Waals surface area contributed by atoms with E-state index in [-0.39, 0.29) is 35.8 Å². The molecule has 142 valence electrons. The quantitative estimate of drug-likeness (QED) is 0.366. The second-order valence-corrected chi connectivity index (χ2v) is 5.67. The van der Waals surface area contributed by atoms with Gasteiger partial charge in [0.15, 0.2) is 34.8 Å². The van der Waals surface area contributed by atoms with Gasteiger partial charge in [-0.15, -0.1) is 0 Å². The van der Waals surface area contributed by atoms with Gasteiger partial charge in [0.25, 0.3) is 0 Å². The Morgan fingerprint density at radius 2 is 0.962 bits per heavy atom. The molecule has 2 rings (SSSR count). The molecule has 8 heteroatoms. The molecule has 2 aromatic rings. The van der Waals surface area contributed by atoms with Crippen molar-refractivity contribution >= 4 is 0 Å². The Morgan fingerprint density at radius 3 is 1.31 bits per heavy atom. The standard InChI is InChI=1S/C18H16F6O2/c1-9-7-11(19)13(21)15(23)17(9)25-5-3-4-6-26-18-10(2)8-12(20)14(22)16(18)24/h7-8H,3-6H2,1-2H3. The molecule has 0 bridgehead atoms. The largest absolute Gasteiger partial charge is 0.490 e. The predicted octanol–water partition coefficient (Wildman–Crippen LogP) is 5.38. The fraction of sp³-hybridized carbons (Fsp3) is 0.333. The van der Waals surface area contributed by atoms with E-state index in [9.17, 15) is 26.3 Å². The minimum atomic E-state index is -1.61. The lowest BCUT2D eigenvalue weighted by Crippen LogP contribution is -2.07. The van der Waals surface area contributed by atoms with Crippen molar-refractivity contribution in [2.24, 2.45) is 0 Å². The highest BCUT2D eigenvalue weighted by Gasteiger charge is 2.19. The van der Waals surface area contributed by atoms with E-state index < -0.39 is 34.9 Å². The van der Waals surface area contributed by atoms with E-state index in [0.29, 0.717) is 12.8 Å². The molecule has 0 spiro atoms. The minimum Gasteiger partial charge on any atom is -0.490 e. The molecule has 0 aliphatic carbocycles. The average Bonchev–Trinajstić information content (AvgIpc) is 2.59. The smallest absolute Gasteiger partial charge is 0.203 e. The summed E-state index contributed by atoms with van der Waals surface area (Å²) in [5, 5.41) is 0. The van der Waals surface area contributed by atoms with Gasteiger partial charge < -0.3 is 9.47 Å². The summed E-state index contributed by atoms with van der Waals surface area (Å²) in [5.41, 5.74) is 0.217. The molecule has 0 radical (unpaired) electrons. The van der Waals surface area contributed by atoms with E-state index in [1.54, 1.807) is 0 Å². The Morgan fingerprint density at radius 1 is 0.615 bits per heavy atom. The van der Waals surface area contributed by atoms with Gasteiger partial charge in [-0.25, -0.2) is 17.6 Å². The number of rotatable bonds is 7. The lowest BCUT2D eigenvalue weighted by molar-refractivity contribution is 0.247. The van der Waals surface area contributed by atoms with E-state index in [4.69, 9.17) is 9.47 Å². The summed E-state index contributed by atoms with van der Waals surface area (Å²) in [5.74, 6) is -9.40. The third kappa shape index (κ3) is 4.23. The fourth-order valence-corrected chi connectivity index (χ4v) is 2.30. The molecule has 2 aromatic carbocycles. The zero-order valence-electron chi connectivity index (χ0n) is 14.1. The molecule has 0 amide bonds. The van der Waals surface area contributed by atoms with Gasteiger partial charge in [-0.1, -0.05) is 0 Å². The van der Waals surface area contributed by atoms with Gasteiger partial charge >= 0.3 is 0 Å². The van der Waals surface area contributed by atoms with Gasteiger partial charge in [-0.2, -0.15) is 8.78 Å². The first kappa shape index (κ1) is 19.9. The van der Waals surface area contributed by atoms with Gasteiger partial charge in [0.2, 0.25) is 11.6 Å². The molecule has 0 aromatic heterocycles. The SMILES string of the molecule is Cc1cc(F)c(F)c(F)c1OCCCCOc1c(C)cc(F)c(F)c1F. The third-order valence-corrected chi connectivity index (χ3v) is 3.64.